The van der Waals surface area contributed by atoms with E-state index in [9.17, 15) is 9.36 Å². The van der Waals surface area contributed by atoms with Crippen LogP contribution in [0.1, 0.15) is 23.6 Å². The van der Waals surface area contributed by atoms with Crippen LogP contribution >= 0.6 is 20.0 Å². The molecule has 0 aromatic heterocycles. The number of carboxylic acid groups (broad SMARTS) is 1. The quantitative estimate of drug-likeness (QED) is 0.588. The molecule has 1 unspecified atom stereocenters. The highest BCUT2D eigenvalue weighted by atomic mass is 35.5. The van der Waals surface area contributed by atoms with Gasteiger partial charge >= 0.3 is 13.6 Å². The minimum absolute atomic E-state index is 0. The third-order valence-corrected chi connectivity index (χ3v) is 3.42. The standard InChI is InChI=1S/C11H16NO5P.ClH/c12-10(11(13)14)9-5-3-8(4-6-9)2-1-7-18(15,16)17;/h3-6,10H,1-2,7,12H2,(H,13,14)(H2,15,16,17);1H. The van der Waals surface area contributed by atoms with Crippen molar-refractivity contribution >= 4 is 26.0 Å². The zero-order valence-corrected chi connectivity index (χ0v) is 11.8. The number of hydrogen-bond donors (Lipinski definition) is 4. The number of benzene rings is 1. The SMILES string of the molecule is Cl.NC(C(=O)O)c1ccc(CCCP(=O)(O)O)cc1. The fourth-order valence-electron chi connectivity index (χ4n) is 1.52. The molecule has 0 bridgehead atoms. The molecule has 6 nitrogen and oxygen atoms in total. The van der Waals surface area contributed by atoms with Gasteiger partial charge in [-0.05, 0) is 24.0 Å². The summed E-state index contributed by atoms with van der Waals surface area (Å²) < 4.78 is 10.7. The molecule has 0 saturated carbocycles. The van der Waals surface area contributed by atoms with Crippen molar-refractivity contribution in [2.24, 2.45) is 5.73 Å². The number of aliphatic carboxylic acids is 1. The van der Waals surface area contributed by atoms with Gasteiger partial charge in [0.2, 0.25) is 0 Å². The van der Waals surface area contributed by atoms with Gasteiger partial charge < -0.3 is 20.6 Å². The number of nitrogens with two attached hydrogens (primary N) is 1. The first-order valence-corrected chi connectivity index (χ1v) is 7.21. The van der Waals surface area contributed by atoms with Crippen molar-refractivity contribution in [1.29, 1.82) is 0 Å². The van der Waals surface area contributed by atoms with Crippen LogP contribution in [0, 0.1) is 0 Å². The maximum absolute atomic E-state index is 10.7. The lowest BCUT2D eigenvalue weighted by molar-refractivity contribution is -0.138. The van der Waals surface area contributed by atoms with Crippen molar-refractivity contribution in [2.45, 2.75) is 18.9 Å². The molecule has 0 aliphatic heterocycles. The first kappa shape index (κ1) is 18.1. The fraction of sp³-hybridized carbons (Fsp3) is 0.364. The molecule has 0 heterocycles. The Kier molecular flexibility index (Phi) is 7.26. The van der Waals surface area contributed by atoms with Crippen LogP contribution in [0.3, 0.4) is 0 Å². The predicted octanol–water partition coefficient (Wildman–Crippen LogP) is 1.30. The summed E-state index contributed by atoms with van der Waals surface area (Å²) >= 11 is 0. The maximum Gasteiger partial charge on any atom is 0.325 e. The molecule has 1 aromatic rings. The molecule has 0 spiro atoms. The molecule has 1 rings (SSSR count). The van der Waals surface area contributed by atoms with Crippen LogP contribution in [0.25, 0.3) is 0 Å². The number of rotatable bonds is 6. The molecule has 0 saturated heterocycles. The van der Waals surface area contributed by atoms with Gasteiger partial charge in [-0.15, -0.1) is 12.4 Å². The Balaban J connectivity index is 0.00000324. The van der Waals surface area contributed by atoms with Crippen LogP contribution in [0.5, 0.6) is 0 Å². The van der Waals surface area contributed by atoms with Crippen LogP contribution < -0.4 is 5.73 Å². The molecule has 1 aromatic carbocycles. The van der Waals surface area contributed by atoms with Gasteiger partial charge in [0.05, 0.1) is 6.16 Å². The highest BCUT2D eigenvalue weighted by Gasteiger charge is 2.14. The largest absolute Gasteiger partial charge is 0.480 e. The van der Waals surface area contributed by atoms with Gasteiger partial charge in [0, 0.05) is 0 Å². The molecule has 0 amide bonds. The highest BCUT2D eigenvalue weighted by molar-refractivity contribution is 7.51. The summed E-state index contributed by atoms with van der Waals surface area (Å²) in [6.07, 6.45) is 0.770. The van der Waals surface area contributed by atoms with E-state index in [0.717, 1.165) is 5.56 Å². The number of hydrogen-bond acceptors (Lipinski definition) is 3. The van der Waals surface area contributed by atoms with Crippen LogP contribution in [0.2, 0.25) is 0 Å². The van der Waals surface area contributed by atoms with E-state index in [2.05, 4.69) is 0 Å². The van der Waals surface area contributed by atoms with Gasteiger partial charge in [0.25, 0.3) is 0 Å². The zero-order valence-electron chi connectivity index (χ0n) is 10.1. The fourth-order valence-corrected chi connectivity index (χ4v) is 2.09. The van der Waals surface area contributed by atoms with E-state index in [1.54, 1.807) is 24.3 Å². The number of aryl methyl sites for hydroxylation is 1. The van der Waals surface area contributed by atoms with Crippen LogP contribution in [0.4, 0.5) is 0 Å². The van der Waals surface area contributed by atoms with Crippen molar-refractivity contribution in [3.05, 3.63) is 35.4 Å². The van der Waals surface area contributed by atoms with E-state index < -0.39 is 19.6 Å². The minimum atomic E-state index is -3.94. The second-order valence-corrected chi connectivity index (χ2v) is 5.83. The minimum Gasteiger partial charge on any atom is -0.480 e. The predicted molar refractivity (Wildman–Crippen MR) is 73.5 cm³/mol. The maximum atomic E-state index is 10.7. The summed E-state index contributed by atoms with van der Waals surface area (Å²) in [5, 5.41) is 8.72. The summed E-state index contributed by atoms with van der Waals surface area (Å²) in [6, 6.07) is 5.63. The Morgan fingerprint density at radius 1 is 1.26 bits per heavy atom. The molecule has 1 atom stereocenters. The van der Waals surface area contributed by atoms with Crippen LogP contribution in [-0.4, -0.2) is 27.0 Å². The van der Waals surface area contributed by atoms with Gasteiger partial charge in [-0.2, -0.15) is 0 Å². The third kappa shape index (κ3) is 6.71. The summed E-state index contributed by atoms with van der Waals surface area (Å²) in [6.45, 7) is 0. The lowest BCUT2D eigenvalue weighted by Crippen LogP contribution is -2.20. The molecule has 0 radical (unpaired) electrons. The van der Waals surface area contributed by atoms with E-state index >= 15 is 0 Å². The average Bonchev–Trinajstić information content (AvgIpc) is 2.27. The van der Waals surface area contributed by atoms with Gasteiger partial charge in [-0.3, -0.25) is 9.36 Å². The second-order valence-electron chi connectivity index (χ2n) is 4.05. The number of carboxylic acids is 1. The van der Waals surface area contributed by atoms with Crippen LogP contribution in [0.15, 0.2) is 24.3 Å². The number of halogens is 1. The Morgan fingerprint density at radius 3 is 2.21 bits per heavy atom. The lowest BCUT2D eigenvalue weighted by Gasteiger charge is -2.08. The van der Waals surface area contributed by atoms with Gasteiger partial charge in [0.15, 0.2) is 0 Å². The van der Waals surface area contributed by atoms with Crippen LogP contribution in [-0.2, 0) is 15.8 Å². The van der Waals surface area contributed by atoms with Crippen molar-refractivity contribution in [1.82, 2.24) is 0 Å². The normalized spacial score (nSPS) is 12.6. The van der Waals surface area contributed by atoms with E-state index in [0.29, 0.717) is 18.4 Å². The average molecular weight is 310 g/mol. The molecule has 108 valence electrons. The first-order chi connectivity index (χ1) is 8.29. The summed E-state index contributed by atoms with van der Waals surface area (Å²) in [7, 11) is -3.94. The Morgan fingerprint density at radius 2 is 1.79 bits per heavy atom. The molecule has 8 heteroatoms. The molecule has 5 N–H and O–H groups in total. The molecule has 0 aliphatic rings. The molecule has 19 heavy (non-hydrogen) atoms. The third-order valence-electron chi connectivity index (χ3n) is 2.52. The Labute approximate surface area is 117 Å². The van der Waals surface area contributed by atoms with Crippen molar-refractivity contribution in [3.8, 4) is 0 Å². The lowest BCUT2D eigenvalue weighted by atomic mass is 10.0. The topological polar surface area (TPSA) is 121 Å². The van der Waals surface area contributed by atoms with Gasteiger partial charge in [0.1, 0.15) is 6.04 Å². The Bertz CT molecular complexity index is 459. The van der Waals surface area contributed by atoms with E-state index in [1.165, 1.54) is 0 Å². The second kappa shape index (κ2) is 7.62. The van der Waals surface area contributed by atoms with Crippen molar-refractivity contribution in [2.75, 3.05) is 6.16 Å². The van der Waals surface area contributed by atoms with E-state index in [-0.39, 0.29) is 18.6 Å². The first-order valence-electron chi connectivity index (χ1n) is 5.41. The van der Waals surface area contributed by atoms with E-state index in [4.69, 9.17) is 20.6 Å². The molecular weight excluding hydrogens is 293 g/mol. The highest BCUT2D eigenvalue weighted by Crippen LogP contribution is 2.35. The van der Waals surface area contributed by atoms with E-state index in [1.807, 2.05) is 0 Å². The van der Waals surface area contributed by atoms with Crippen molar-refractivity contribution < 1.29 is 24.3 Å². The van der Waals surface area contributed by atoms with Gasteiger partial charge in [-0.1, -0.05) is 24.3 Å². The molecule has 0 aliphatic carbocycles. The monoisotopic (exact) mass is 309 g/mol. The van der Waals surface area contributed by atoms with Gasteiger partial charge in [-0.25, -0.2) is 0 Å². The molecular formula is C11H17ClNO5P. The summed E-state index contributed by atoms with van der Waals surface area (Å²) in [4.78, 5) is 28.1. The number of carbonyl (C=O) groups is 1. The summed E-state index contributed by atoms with van der Waals surface area (Å²) in [5.74, 6) is -1.09. The molecule has 0 fully saturated rings. The van der Waals surface area contributed by atoms with Crippen molar-refractivity contribution in [3.63, 3.8) is 0 Å². The summed E-state index contributed by atoms with van der Waals surface area (Å²) in [5.41, 5.74) is 6.84. The Hall–Kier alpha value is -0.910. The zero-order chi connectivity index (χ0) is 13.8. The smallest absolute Gasteiger partial charge is 0.325 e.